The van der Waals surface area contributed by atoms with Crippen molar-refractivity contribution < 1.29 is 4.74 Å². The van der Waals surface area contributed by atoms with Gasteiger partial charge in [0.2, 0.25) is 5.88 Å². The molecule has 0 amide bonds. The quantitative estimate of drug-likeness (QED) is 0.519. The molecular weight excluding hydrogens is 363 g/mol. The average Bonchev–Trinajstić information content (AvgIpc) is 2.41. The molecule has 0 bridgehead atoms. The predicted molar refractivity (Wildman–Crippen MR) is 84.9 cm³/mol. The molecule has 0 N–H and O–H groups in total. The van der Waals surface area contributed by atoms with Crippen LogP contribution in [0.5, 0.6) is 11.6 Å². The van der Waals surface area contributed by atoms with Crippen molar-refractivity contribution >= 4 is 39.1 Å². The summed E-state index contributed by atoms with van der Waals surface area (Å²) < 4.78 is 6.89. The van der Waals surface area contributed by atoms with Crippen LogP contribution in [0.2, 0.25) is 5.15 Å². The number of benzene rings is 1. The van der Waals surface area contributed by atoms with E-state index in [2.05, 4.69) is 39.7 Å². The number of ether oxygens (including phenoxy) is 1. The largest absolute Gasteiger partial charge is 0.438 e. The highest BCUT2D eigenvalue weighted by atomic mass is 79.9. The molecule has 1 aromatic carbocycles. The van der Waals surface area contributed by atoms with Gasteiger partial charge in [-0.2, -0.15) is 0 Å². The molecule has 3 nitrogen and oxygen atoms in total. The Morgan fingerprint density at radius 1 is 1.30 bits per heavy atom. The van der Waals surface area contributed by atoms with Gasteiger partial charge in [-0.1, -0.05) is 41.4 Å². The van der Waals surface area contributed by atoms with Crippen LogP contribution in [0.25, 0.3) is 0 Å². The van der Waals surface area contributed by atoms with Gasteiger partial charge in [-0.15, -0.1) is 11.6 Å². The summed E-state index contributed by atoms with van der Waals surface area (Å²) in [7, 11) is 0. The Hall–Kier alpha value is -0.840. The molecular formula is C14H13BrCl2N2O. The predicted octanol–water partition coefficient (Wildman–Crippen LogP) is 5.55. The summed E-state index contributed by atoms with van der Waals surface area (Å²) in [5.74, 6) is 1.65. The number of alkyl halides is 1. The Bertz CT molecular complexity index is 620. The van der Waals surface area contributed by atoms with Crippen molar-refractivity contribution in [3.63, 3.8) is 0 Å². The molecule has 0 radical (unpaired) electrons. The molecule has 0 saturated heterocycles. The minimum absolute atomic E-state index is 0.197. The standard InChI is InChI=1S/C14H13BrCl2N2O/c1-8(2)10-5-9(15)3-4-12(10)20-14-11(6-16)13(17)18-7-19-14/h3-5,7-8H,6H2,1-2H3. The zero-order chi connectivity index (χ0) is 14.7. The maximum atomic E-state index is 6.00. The summed E-state index contributed by atoms with van der Waals surface area (Å²) in [5, 5.41) is 0.313. The van der Waals surface area contributed by atoms with Gasteiger partial charge in [0, 0.05) is 4.47 Å². The van der Waals surface area contributed by atoms with Crippen molar-refractivity contribution in [3.05, 3.63) is 45.3 Å². The maximum Gasteiger partial charge on any atom is 0.228 e. The maximum absolute atomic E-state index is 6.00. The molecule has 20 heavy (non-hydrogen) atoms. The first-order valence-electron chi connectivity index (χ1n) is 6.05. The van der Waals surface area contributed by atoms with Crippen LogP contribution in [0, 0.1) is 0 Å². The van der Waals surface area contributed by atoms with Crippen LogP contribution >= 0.6 is 39.1 Å². The average molecular weight is 376 g/mol. The van der Waals surface area contributed by atoms with Crippen LogP contribution in [-0.4, -0.2) is 9.97 Å². The lowest BCUT2D eigenvalue weighted by Gasteiger charge is -2.15. The number of rotatable bonds is 4. The highest BCUT2D eigenvalue weighted by molar-refractivity contribution is 9.10. The zero-order valence-electron chi connectivity index (χ0n) is 11.0. The van der Waals surface area contributed by atoms with Crippen molar-refractivity contribution in [2.24, 2.45) is 0 Å². The van der Waals surface area contributed by atoms with E-state index < -0.39 is 0 Å². The van der Waals surface area contributed by atoms with Gasteiger partial charge >= 0.3 is 0 Å². The smallest absolute Gasteiger partial charge is 0.228 e. The van der Waals surface area contributed by atoms with E-state index in [0.29, 0.717) is 22.5 Å². The molecule has 0 aliphatic carbocycles. The van der Waals surface area contributed by atoms with E-state index in [0.717, 1.165) is 15.8 Å². The first-order valence-corrected chi connectivity index (χ1v) is 7.76. The third kappa shape index (κ3) is 3.43. The highest BCUT2D eigenvalue weighted by Crippen LogP contribution is 2.34. The normalized spacial score (nSPS) is 10.9. The second kappa shape index (κ2) is 6.74. The van der Waals surface area contributed by atoms with Gasteiger partial charge in [0.05, 0.1) is 11.4 Å². The lowest BCUT2D eigenvalue weighted by Crippen LogP contribution is -1.99. The third-order valence-corrected chi connectivity index (χ3v) is 3.87. The Labute approximate surface area is 136 Å². The molecule has 1 aromatic heterocycles. The summed E-state index contributed by atoms with van der Waals surface area (Å²) >= 11 is 15.3. The SMILES string of the molecule is CC(C)c1cc(Br)ccc1Oc1ncnc(Cl)c1CCl. The first-order chi connectivity index (χ1) is 9.52. The van der Waals surface area contributed by atoms with Crippen LogP contribution in [0.4, 0.5) is 0 Å². The van der Waals surface area contributed by atoms with E-state index in [9.17, 15) is 0 Å². The van der Waals surface area contributed by atoms with Gasteiger partial charge in [-0.05, 0) is 29.7 Å². The van der Waals surface area contributed by atoms with Crippen molar-refractivity contribution in [3.8, 4) is 11.6 Å². The molecule has 0 aliphatic rings. The van der Waals surface area contributed by atoms with E-state index in [-0.39, 0.29) is 5.88 Å². The van der Waals surface area contributed by atoms with Gasteiger partial charge in [0.1, 0.15) is 17.2 Å². The van der Waals surface area contributed by atoms with E-state index in [1.54, 1.807) is 0 Å². The molecule has 0 fully saturated rings. The van der Waals surface area contributed by atoms with Crippen LogP contribution in [-0.2, 0) is 5.88 Å². The number of hydrogen-bond acceptors (Lipinski definition) is 3. The molecule has 0 atom stereocenters. The third-order valence-electron chi connectivity index (χ3n) is 2.79. The number of aromatic nitrogens is 2. The van der Waals surface area contributed by atoms with Crippen molar-refractivity contribution in [1.82, 2.24) is 9.97 Å². The first kappa shape index (κ1) is 15.5. The summed E-state index contributed by atoms with van der Waals surface area (Å²) in [5.41, 5.74) is 1.67. The van der Waals surface area contributed by atoms with Gasteiger partial charge < -0.3 is 4.74 Å². The molecule has 1 heterocycles. The molecule has 2 aromatic rings. The second-order valence-electron chi connectivity index (χ2n) is 4.52. The molecule has 0 unspecified atom stereocenters. The minimum atomic E-state index is 0.197. The van der Waals surface area contributed by atoms with E-state index in [1.165, 1.54) is 6.33 Å². The van der Waals surface area contributed by atoms with Gasteiger partial charge in [-0.25, -0.2) is 9.97 Å². The number of nitrogens with zero attached hydrogens (tertiary/aromatic N) is 2. The molecule has 0 aliphatic heterocycles. The molecule has 106 valence electrons. The van der Waals surface area contributed by atoms with E-state index >= 15 is 0 Å². The van der Waals surface area contributed by atoms with Gasteiger partial charge in [-0.3, -0.25) is 0 Å². The highest BCUT2D eigenvalue weighted by Gasteiger charge is 2.14. The van der Waals surface area contributed by atoms with Crippen molar-refractivity contribution in [2.75, 3.05) is 0 Å². The van der Waals surface area contributed by atoms with Crippen LogP contribution in [0.1, 0.15) is 30.9 Å². The fourth-order valence-corrected chi connectivity index (χ4v) is 2.62. The Kier molecular flexibility index (Phi) is 5.24. The van der Waals surface area contributed by atoms with Crippen LogP contribution in [0.3, 0.4) is 0 Å². The Morgan fingerprint density at radius 3 is 2.70 bits per heavy atom. The summed E-state index contributed by atoms with van der Waals surface area (Å²) in [6.45, 7) is 4.20. The van der Waals surface area contributed by atoms with Gasteiger partial charge in [0.25, 0.3) is 0 Å². The van der Waals surface area contributed by atoms with Crippen molar-refractivity contribution in [1.29, 1.82) is 0 Å². The van der Waals surface area contributed by atoms with Gasteiger partial charge in [0.15, 0.2) is 0 Å². The molecule has 6 heteroatoms. The van der Waals surface area contributed by atoms with Crippen molar-refractivity contribution in [2.45, 2.75) is 25.6 Å². The number of hydrogen-bond donors (Lipinski definition) is 0. The molecule has 0 saturated carbocycles. The topological polar surface area (TPSA) is 35.0 Å². The monoisotopic (exact) mass is 374 g/mol. The minimum Gasteiger partial charge on any atom is -0.438 e. The Balaban J connectivity index is 2.42. The number of halogens is 3. The molecule has 2 rings (SSSR count). The van der Waals surface area contributed by atoms with E-state index in [1.807, 2.05) is 18.2 Å². The van der Waals surface area contributed by atoms with E-state index in [4.69, 9.17) is 27.9 Å². The van der Waals surface area contributed by atoms with Crippen LogP contribution < -0.4 is 4.74 Å². The lowest BCUT2D eigenvalue weighted by molar-refractivity contribution is 0.448. The summed E-state index contributed by atoms with van der Waals surface area (Å²) in [6.07, 6.45) is 1.36. The Morgan fingerprint density at radius 2 is 2.05 bits per heavy atom. The lowest BCUT2D eigenvalue weighted by atomic mass is 10.0. The zero-order valence-corrected chi connectivity index (χ0v) is 14.1. The summed E-state index contributed by atoms with van der Waals surface area (Å²) in [6, 6.07) is 5.85. The van der Waals surface area contributed by atoms with Crippen LogP contribution in [0.15, 0.2) is 29.0 Å². The fourth-order valence-electron chi connectivity index (χ4n) is 1.74. The fraction of sp³-hybridized carbons (Fsp3) is 0.286. The molecule has 0 spiro atoms. The summed E-state index contributed by atoms with van der Waals surface area (Å²) in [4.78, 5) is 8.02. The second-order valence-corrected chi connectivity index (χ2v) is 6.06.